The average Bonchev–Trinajstić information content (AvgIpc) is 2.36. The zero-order valence-corrected chi connectivity index (χ0v) is 13.2. The summed E-state index contributed by atoms with van der Waals surface area (Å²) in [5.74, 6) is 1.19. The Labute approximate surface area is 125 Å². The number of carbonyl (C=O) groups is 1. The van der Waals surface area contributed by atoms with Crippen LogP contribution in [-0.4, -0.2) is 30.0 Å². The van der Waals surface area contributed by atoms with Gasteiger partial charge in [-0.1, -0.05) is 19.1 Å². The predicted molar refractivity (Wildman–Crippen MR) is 86.1 cm³/mol. The lowest BCUT2D eigenvalue weighted by molar-refractivity contribution is 0.163. The van der Waals surface area contributed by atoms with Crippen LogP contribution in [0.5, 0.6) is 0 Å². The third-order valence-electron chi connectivity index (χ3n) is 2.85. The molecule has 2 amide bonds. The van der Waals surface area contributed by atoms with Crippen LogP contribution in [0.4, 0.5) is 10.5 Å². The Morgan fingerprint density at radius 3 is 2.80 bits per heavy atom. The fraction of sp³-hybridized carbons (Fsp3) is 0.533. The molecule has 0 heterocycles. The van der Waals surface area contributed by atoms with Crippen LogP contribution >= 0.6 is 11.8 Å². The number of benzene rings is 1. The van der Waals surface area contributed by atoms with Crippen molar-refractivity contribution in [3.63, 3.8) is 0 Å². The van der Waals surface area contributed by atoms with Gasteiger partial charge in [0.2, 0.25) is 0 Å². The van der Waals surface area contributed by atoms with Crippen molar-refractivity contribution in [2.75, 3.05) is 18.1 Å². The van der Waals surface area contributed by atoms with Gasteiger partial charge in [-0.25, -0.2) is 4.79 Å². The van der Waals surface area contributed by atoms with Crippen LogP contribution in [0.3, 0.4) is 0 Å². The Morgan fingerprint density at radius 1 is 1.40 bits per heavy atom. The van der Waals surface area contributed by atoms with E-state index in [1.54, 1.807) is 18.7 Å². The fourth-order valence-electron chi connectivity index (χ4n) is 2.01. The first-order chi connectivity index (χ1) is 9.51. The van der Waals surface area contributed by atoms with Crippen molar-refractivity contribution in [2.24, 2.45) is 5.92 Å². The minimum Gasteiger partial charge on any atom is -0.393 e. The van der Waals surface area contributed by atoms with Crippen molar-refractivity contribution in [3.8, 4) is 0 Å². The van der Waals surface area contributed by atoms with Gasteiger partial charge in [0.1, 0.15) is 0 Å². The van der Waals surface area contributed by atoms with E-state index in [0.29, 0.717) is 13.0 Å². The number of hydrogen-bond acceptors (Lipinski definition) is 3. The van der Waals surface area contributed by atoms with E-state index >= 15 is 0 Å². The van der Waals surface area contributed by atoms with Crippen LogP contribution in [0.25, 0.3) is 0 Å². The number of carbonyl (C=O) groups excluding carboxylic acids is 1. The minimum atomic E-state index is -0.335. The van der Waals surface area contributed by atoms with Crippen LogP contribution in [0.1, 0.15) is 25.8 Å². The summed E-state index contributed by atoms with van der Waals surface area (Å²) in [6.07, 6.45) is 2.40. The first kappa shape index (κ1) is 16.9. The Kier molecular flexibility index (Phi) is 7.47. The quantitative estimate of drug-likeness (QED) is 0.724. The lowest BCUT2D eigenvalue weighted by atomic mass is 10.1. The lowest BCUT2D eigenvalue weighted by Gasteiger charge is -2.15. The van der Waals surface area contributed by atoms with Crippen LogP contribution in [0.2, 0.25) is 0 Å². The van der Waals surface area contributed by atoms with Gasteiger partial charge in [0.25, 0.3) is 0 Å². The van der Waals surface area contributed by atoms with Gasteiger partial charge < -0.3 is 15.7 Å². The van der Waals surface area contributed by atoms with Gasteiger partial charge in [0.05, 0.1) is 6.10 Å². The SMILES string of the molecule is CSCc1cccc(NC(=O)NCC(C)CC(C)O)c1. The Bertz CT molecular complexity index is 424. The van der Waals surface area contributed by atoms with Gasteiger partial charge in [-0.3, -0.25) is 0 Å². The monoisotopic (exact) mass is 296 g/mol. The van der Waals surface area contributed by atoms with E-state index in [1.165, 1.54) is 5.56 Å². The van der Waals surface area contributed by atoms with Gasteiger partial charge in [-0.15, -0.1) is 0 Å². The van der Waals surface area contributed by atoms with E-state index in [9.17, 15) is 9.90 Å². The summed E-state index contributed by atoms with van der Waals surface area (Å²) in [6, 6.07) is 7.64. The summed E-state index contributed by atoms with van der Waals surface area (Å²) in [4.78, 5) is 11.8. The number of rotatable bonds is 7. The summed E-state index contributed by atoms with van der Waals surface area (Å²) >= 11 is 1.75. The zero-order chi connectivity index (χ0) is 15.0. The maximum Gasteiger partial charge on any atom is 0.319 e. The van der Waals surface area contributed by atoms with Gasteiger partial charge >= 0.3 is 6.03 Å². The van der Waals surface area contributed by atoms with Crippen molar-refractivity contribution in [1.82, 2.24) is 5.32 Å². The molecule has 3 N–H and O–H groups in total. The molecule has 112 valence electrons. The number of hydrogen-bond donors (Lipinski definition) is 3. The maximum absolute atomic E-state index is 11.8. The molecule has 0 aromatic heterocycles. The lowest BCUT2D eigenvalue weighted by Crippen LogP contribution is -2.33. The molecule has 1 rings (SSSR count). The molecule has 2 unspecified atom stereocenters. The van der Waals surface area contributed by atoms with Crippen LogP contribution in [0.15, 0.2) is 24.3 Å². The summed E-state index contributed by atoms with van der Waals surface area (Å²) in [6.45, 7) is 4.32. The van der Waals surface area contributed by atoms with E-state index in [0.717, 1.165) is 11.4 Å². The first-order valence-corrected chi connectivity index (χ1v) is 8.21. The molecular formula is C15H24N2O2S. The molecule has 0 saturated heterocycles. The summed E-state index contributed by atoms with van der Waals surface area (Å²) in [5.41, 5.74) is 2.00. The topological polar surface area (TPSA) is 61.4 Å². The van der Waals surface area contributed by atoms with Crippen molar-refractivity contribution in [1.29, 1.82) is 0 Å². The second-order valence-corrected chi connectivity index (χ2v) is 6.02. The van der Waals surface area contributed by atoms with Crippen molar-refractivity contribution in [2.45, 2.75) is 32.1 Å². The molecule has 1 aromatic rings. The molecule has 0 aliphatic carbocycles. The molecule has 4 nitrogen and oxygen atoms in total. The van der Waals surface area contributed by atoms with Gasteiger partial charge in [-0.2, -0.15) is 11.8 Å². The smallest absolute Gasteiger partial charge is 0.319 e. The van der Waals surface area contributed by atoms with E-state index in [1.807, 2.05) is 31.2 Å². The molecule has 5 heteroatoms. The van der Waals surface area contributed by atoms with Crippen LogP contribution in [-0.2, 0) is 5.75 Å². The second-order valence-electron chi connectivity index (χ2n) is 5.16. The fourth-order valence-corrected chi connectivity index (χ4v) is 2.53. The molecular weight excluding hydrogens is 272 g/mol. The Balaban J connectivity index is 2.40. The average molecular weight is 296 g/mol. The van der Waals surface area contributed by atoms with Crippen LogP contribution < -0.4 is 10.6 Å². The first-order valence-electron chi connectivity index (χ1n) is 6.82. The van der Waals surface area contributed by atoms with Gasteiger partial charge in [0, 0.05) is 18.0 Å². The van der Waals surface area contributed by atoms with Crippen molar-refractivity contribution >= 4 is 23.5 Å². The summed E-state index contributed by atoms with van der Waals surface area (Å²) in [7, 11) is 0. The molecule has 0 radical (unpaired) electrons. The molecule has 0 bridgehead atoms. The highest BCUT2D eigenvalue weighted by atomic mass is 32.2. The number of amides is 2. The molecule has 0 saturated carbocycles. The molecule has 20 heavy (non-hydrogen) atoms. The minimum absolute atomic E-state index is 0.205. The number of nitrogens with one attached hydrogen (secondary N) is 2. The molecule has 0 aliphatic heterocycles. The zero-order valence-electron chi connectivity index (χ0n) is 12.3. The second kappa shape index (κ2) is 8.87. The number of thioether (sulfide) groups is 1. The highest BCUT2D eigenvalue weighted by Gasteiger charge is 2.08. The molecule has 0 spiro atoms. The highest BCUT2D eigenvalue weighted by molar-refractivity contribution is 7.97. The van der Waals surface area contributed by atoms with E-state index in [2.05, 4.69) is 16.9 Å². The van der Waals surface area contributed by atoms with Crippen molar-refractivity contribution < 1.29 is 9.90 Å². The number of urea groups is 1. The van der Waals surface area contributed by atoms with Crippen molar-refractivity contribution in [3.05, 3.63) is 29.8 Å². The summed E-state index contributed by atoms with van der Waals surface area (Å²) < 4.78 is 0. The van der Waals surface area contributed by atoms with E-state index in [-0.39, 0.29) is 18.1 Å². The molecule has 0 aliphatic rings. The van der Waals surface area contributed by atoms with Crippen LogP contribution in [0, 0.1) is 5.92 Å². The highest BCUT2D eigenvalue weighted by Crippen LogP contribution is 2.14. The number of aliphatic hydroxyl groups excluding tert-OH is 1. The number of anilines is 1. The van der Waals surface area contributed by atoms with E-state index < -0.39 is 0 Å². The maximum atomic E-state index is 11.8. The third-order valence-corrected chi connectivity index (χ3v) is 3.47. The Morgan fingerprint density at radius 2 is 2.15 bits per heavy atom. The predicted octanol–water partition coefficient (Wildman–Crippen LogP) is 3.08. The van der Waals surface area contributed by atoms with E-state index in [4.69, 9.17) is 0 Å². The van der Waals surface area contributed by atoms with Gasteiger partial charge in [-0.05, 0) is 43.2 Å². The number of aliphatic hydroxyl groups is 1. The largest absolute Gasteiger partial charge is 0.393 e. The molecule has 2 atom stereocenters. The van der Waals surface area contributed by atoms with Gasteiger partial charge in [0.15, 0.2) is 0 Å². The molecule has 0 fully saturated rings. The third kappa shape index (κ3) is 6.82. The Hall–Kier alpha value is -1.20. The molecule has 1 aromatic carbocycles. The summed E-state index contributed by atoms with van der Waals surface area (Å²) in [5, 5.41) is 14.9. The normalized spacial score (nSPS) is 13.6. The standard InChI is InChI=1S/C15H24N2O2S/c1-11(7-12(2)18)9-16-15(19)17-14-6-4-5-13(8-14)10-20-3/h4-6,8,11-12,18H,7,9-10H2,1-3H3,(H2,16,17,19).